The van der Waals surface area contributed by atoms with Crippen molar-refractivity contribution in [1.82, 2.24) is 19.7 Å². The molecule has 144 valence electrons. The molecule has 1 aromatic carbocycles. The summed E-state index contributed by atoms with van der Waals surface area (Å²) in [6.07, 6.45) is 7.54. The lowest BCUT2D eigenvalue weighted by Crippen LogP contribution is -2.39. The fraction of sp³-hybridized carbons (Fsp3) is 0.381. The molecule has 2 fully saturated rings. The molecule has 0 N–H and O–H groups in total. The molecular weight excluding hydrogens is 354 g/mol. The molecule has 1 aliphatic carbocycles. The summed E-state index contributed by atoms with van der Waals surface area (Å²) >= 11 is 0. The third kappa shape index (κ3) is 3.57. The Balaban J connectivity index is 1.22. The normalized spacial score (nSPS) is 24.6. The Kier molecular flexibility index (Phi) is 4.66. The molecule has 1 aliphatic heterocycles. The van der Waals surface area contributed by atoms with Crippen molar-refractivity contribution in [2.24, 2.45) is 0 Å². The van der Waals surface area contributed by atoms with Gasteiger partial charge in [-0.1, -0.05) is 30.3 Å². The van der Waals surface area contributed by atoms with Crippen LogP contribution in [-0.2, 0) is 4.74 Å². The average Bonchev–Trinajstić information content (AvgIpc) is 3.26. The van der Waals surface area contributed by atoms with Crippen LogP contribution in [-0.4, -0.2) is 45.5 Å². The van der Waals surface area contributed by atoms with E-state index in [0.29, 0.717) is 18.5 Å². The number of rotatable bonds is 5. The van der Waals surface area contributed by atoms with E-state index < -0.39 is 0 Å². The van der Waals surface area contributed by atoms with Crippen LogP contribution >= 0.6 is 0 Å². The van der Waals surface area contributed by atoms with Gasteiger partial charge in [-0.25, -0.2) is 9.97 Å². The van der Waals surface area contributed by atoms with Gasteiger partial charge >= 0.3 is 0 Å². The maximum absolute atomic E-state index is 6.07. The van der Waals surface area contributed by atoms with E-state index in [0.717, 1.165) is 31.7 Å². The minimum atomic E-state index is 0.0516. The van der Waals surface area contributed by atoms with E-state index in [-0.39, 0.29) is 12.2 Å². The highest BCUT2D eigenvalue weighted by molar-refractivity contribution is 5.42. The lowest BCUT2D eigenvalue weighted by atomic mass is 9.89. The topological polar surface area (TPSA) is 65.3 Å². The Labute approximate surface area is 163 Å². The molecule has 3 aromatic rings. The molecule has 1 atom stereocenters. The van der Waals surface area contributed by atoms with Gasteiger partial charge in [0.2, 0.25) is 5.88 Å². The molecule has 7 heteroatoms. The monoisotopic (exact) mass is 377 g/mol. The minimum Gasteiger partial charge on any atom is -0.474 e. The van der Waals surface area contributed by atoms with Gasteiger partial charge in [0, 0.05) is 44.4 Å². The van der Waals surface area contributed by atoms with Crippen molar-refractivity contribution in [2.75, 3.05) is 24.6 Å². The molecule has 0 amide bonds. The maximum Gasteiger partial charge on any atom is 0.218 e. The molecule has 0 bridgehead atoms. The van der Waals surface area contributed by atoms with Crippen molar-refractivity contribution >= 4 is 5.82 Å². The number of anilines is 1. The second-order valence-corrected chi connectivity index (χ2v) is 7.28. The highest BCUT2D eigenvalue weighted by Crippen LogP contribution is 2.35. The Morgan fingerprint density at radius 3 is 2.79 bits per heavy atom. The number of benzene rings is 1. The molecule has 7 nitrogen and oxygen atoms in total. The summed E-state index contributed by atoms with van der Waals surface area (Å²) in [5.74, 6) is 1.52. The standard InChI is InChI=1S/C21H23N5O2/c1-2-5-16(6-3-1)19-14-25(9-10-27-19)20-13-21(23-15-22-20)28-18-11-17(12-18)26-8-4-7-24-26/h1-8,13,15,17-19H,9-12,14H2. The number of morpholine rings is 1. The summed E-state index contributed by atoms with van der Waals surface area (Å²) in [6.45, 7) is 2.25. The van der Waals surface area contributed by atoms with Crippen LogP contribution in [0.25, 0.3) is 0 Å². The second kappa shape index (κ2) is 7.59. The summed E-state index contributed by atoms with van der Waals surface area (Å²) in [5.41, 5.74) is 1.19. The molecule has 5 rings (SSSR count). The molecule has 0 spiro atoms. The number of aromatic nitrogens is 4. The highest BCUT2D eigenvalue weighted by atomic mass is 16.5. The first-order chi connectivity index (χ1) is 13.8. The van der Waals surface area contributed by atoms with Crippen molar-refractivity contribution in [1.29, 1.82) is 0 Å². The van der Waals surface area contributed by atoms with E-state index in [4.69, 9.17) is 9.47 Å². The zero-order chi connectivity index (χ0) is 18.8. The summed E-state index contributed by atoms with van der Waals surface area (Å²) in [6, 6.07) is 14.6. The van der Waals surface area contributed by atoms with Gasteiger partial charge in [-0.15, -0.1) is 0 Å². The van der Waals surface area contributed by atoms with Crippen LogP contribution in [0.4, 0.5) is 5.82 Å². The van der Waals surface area contributed by atoms with Crippen LogP contribution in [0.1, 0.15) is 30.6 Å². The van der Waals surface area contributed by atoms with E-state index in [1.807, 2.05) is 47.4 Å². The molecule has 1 saturated carbocycles. The van der Waals surface area contributed by atoms with E-state index in [9.17, 15) is 0 Å². The first-order valence-corrected chi connectivity index (χ1v) is 9.74. The van der Waals surface area contributed by atoms with Crippen molar-refractivity contribution < 1.29 is 9.47 Å². The quantitative estimate of drug-likeness (QED) is 0.681. The number of nitrogens with zero attached hydrogens (tertiary/aromatic N) is 5. The van der Waals surface area contributed by atoms with Crippen LogP contribution in [0, 0.1) is 0 Å². The van der Waals surface area contributed by atoms with E-state index in [2.05, 4.69) is 32.1 Å². The Morgan fingerprint density at radius 2 is 1.96 bits per heavy atom. The van der Waals surface area contributed by atoms with Gasteiger partial charge in [0.25, 0.3) is 0 Å². The first-order valence-electron chi connectivity index (χ1n) is 9.74. The van der Waals surface area contributed by atoms with Gasteiger partial charge in [0.1, 0.15) is 24.4 Å². The zero-order valence-corrected chi connectivity index (χ0v) is 15.6. The summed E-state index contributed by atoms with van der Waals surface area (Å²) in [4.78, 5) is 11.0. The fourth-order valence-corrected chi connectivity index (χ4v) is 3.81. The zero-order valence-electron chi connectivity index (χ0n) is 15.6. The third-order valence-electron chi connectivity index (χ3n) is 5.45. The molecule has 0 radical (unpaired) electrons. The molecule has 1 saturated heterocycles. The van der Waals surface area contributed by atoms with Gasteiger partial charge in [0.15, 0.2) is 0 Å². The minimum absolute atomic E-state index is 0.0516. The summed E-state index contributed by atoms with van der Waals surface area (Å²) in [5, 5.41) is 4.30. The van der Waals surface area contributed by atoms with Crippen molar-refractivity contribution in [3.05, 3.63) is 66.7 Å². The highest BCUT2D eigenvalue weighted by Gasteiger charge is 2.33. The second-order valence-electron chi connectivity index (χ2n) is 7.28. The molecule has 2 aliphatic rings. The molecule has 2 aromatic heterocycles. The Hall–Kier alpha value is -2.93. The smallest absolute Gasteiger partial charge is 0.218 e. The average molecular weight is 377 g/mol. The third-order valence-corrected chi connectivity index (χ3v) is 5.45. The fourth-order valence-electron chi connectivity index (χ4n) is 3.81. The van der Waals surface area contributed by atoms with Crippen molar-refractivity contribution in [3.63, 3.8) is 0 Å². The molecule has 28 heavy (non-hydrogen) atoms. The summed E-state index contributed by atoms with van der Waals surface area (Å²) in [7, 11) is 0. The number of hydrogen-bond acceptors (Lipinski definition) is 6. The van der Waals surface area contributed by atoms with Gasteiger partial charge in [-0.05, 0) is 11.6 Å². The first kappa shape index (κ1) is 17.2. The predicted molar refractivity (Wildman–Crippen MR) is 104 cm³/mol. The van der Waals surface area contributed by atoms with Crippen LogP contribution in [0.15, 0.2) is 61.2 Å². The largest absolute Gasteiger partial charge is 0.474 e. The van der Waals surface area contributed by atoms with Gasteiger partial charge in [-0.3, -0.25) is 4.68 Å². The van der Waals surface area contributed by atoms with E-state index >= 15 is 0 Å². The van der Waals surface area contributed by atoms with E-state index in [1.165, 1.54) is 5.56 Å². The van der Waals surface area contributed by atoms with Crippen LogP contribution in [0.5, 0.6) is 5.88 Å². The predicted octanol–water partition coefficient (Wildman–Crippen LogP) is 3.03. The van der Waals surface area contributed by atoms with Crippen molar-refractivity contribution in [2.45, 2.75) is 31.1 Å². The maximum atomic E-state index is 6.07. The van der Waals surface area contributed by atoms with E-state index in [1.54, 1.807) is 6.33 Å². The summed E-state index contributed by atoms with van der Waals surface area (Å²) < 4.78 is 14.0. The van der Waals surface area contributed by atoms with Crippen LogP contribution in [0.3, 0.4) is 0 Å². The van der Waals surface area contributed by atoms with Crippen molar-refractivity contribution in [3.8, 4) is 5.88 Å². The number of hydrogen-bond donors (Lipinski definition) is 0. The molecule has 3 heterocycles. The Morgan fingerprint density at radius 1 is 1.07 bits per heavy atom. The molecule has 1 unspecified atom stereocenters. The molecular formula is C21H23N5O2. The van der Waals surface area contributed by atoms with Crippen LogP contribution < -0.4 is 9.64 Å². The van der Waals surface area contributed by atoms with Gasteiger partial charge in [-0.2, -0.15) is 5.10 Å². The lowest BCUT2D eigenvalue weighted by Gasteiger charge is -2.36. The lowest BCUT2D eigenvalue weighted by molar-refractivity contribution is 0.0393. The van der Waals surface area contributed by atoms with Gasteiger partial charge < -0.3 is 14.4 Å². The van der Waals surface area contributed by atoms with Crippen LogP contribution in [0.2, 0.25) is 0 Å². The Bertz CT molecular complexity index is 896. The van der Waals surface area contributed by atoms with Gasteiger partial charge in [0.05, 0.1) is 12.6 Å². The SMILES string of the molecule is c1ccc(C2CN(c3cc(OC4CC(n5cccn5)C4)ncn3)CCO2)cc1. The number of ether oxygens (including phenoxy) is 2.